The zero-order chi connectivity index (χ0) is 18.4. The molecule has 1 aromatic rings. The van der Waals surface area contributed by atoms with Crippen LogP contribution in [-0.4, -0.2) is 54.2 Å². The number of ether oxygens (including phenoxy) is 2. The minimum Gasteiger partial charge on any atom is -0.444 e. The lowest BCUT2D eigenvalue weighted by Gasteiger charge is -2.35. The smallest absolute Gasteiger partial charge is 0.411 e. The molecular weight excluding hydrogens is 326 g/mol. The Labute approximate surface area is 146 Å². The molecule has 0 saturated carbocycles. The predicted octanol–water partition coefficient (Wildman–Crippen LogP) is 1.08. The van der Waals surface area contributed by atoms with Crippen molar-refractivity contribution in [2.45, 2.75) is 32.4 Å². The second kappa shape index (κ2) is 7.98. The van der Waals surface area contributed by atoms with Crippen LogP contribution in [0.25, 0.3) is 0 Å². The van der Waals surface area contributed by atoms with Crippen molar-refractivity contribution in [3.63, 3.8) is 0 Å². The van der Waals surface area contributed by atoms with Crippen LogP contribution < -0.4 is 10.9 Å². The summed E-state index contributed by atoms with van der Waals surface area (Å²) < 4.78 is 10.6. The SMILES string of the molecule is CC(C)(C)OC(=O)N1CCOC[C@H]1C(=O)NNC(=O)c1ccccc1. The summed E-state index contributed by atoms with van der Waals surface area (Å²) in [6.45, 7) is 5.84. The Bertz CT molecular complexity index is 627. The predicted molar refractivity (Wildman–Crippen MR) is 89.6 cm³/mol. The first-order valence-corrected chi connectivity index (χ1v) is 8.00. The van der Waals surface area contributed by atoms with Gasteiger partial charge in [-0.15, -0.1) is 0 Å². The number of rotatable bonds is 2. The monoisotopic (exact) mass is 349 g/mol. The van der Waals surface area contributed by atoms with Gasteiger partial charge in [0, 0.05) is 12.1 Å². The van der Waals surface area contributed by atoms with Crippen LogP contribution in [0.15, 0.2) is 30.3 Å². The highest BCUT2D eigenvalue weighted by molar-refractivity contribution is 5.96. The van der Waals surface area contributed by atoms with E-state index < -0.39 is 29.6 Å². The molecule has 0 aromatic heterocycles. The topological polar surface area (TPSA) is 97.0 Å². The lowest BCUT2D eigenvalue weighted by Crippen LogP contribution is -2.59. The van der Waals surface area contributed by atoms with Crippen molar-refractivity contribution in [2.75, 3.05) is 19.8 Å². The number of nitrogens with zero attached hydrogens (tertiary/aromatic N) is 1. The zero-order valence-corrected chi connectivity index (χ0v) is 14.6. The fraction of sp³-hybridized carbons (Fsp3) is 0.471. The summed E-state index contributed by atoms with van der Waals surface area (Å²) in [6, 6.07) is 7.59. The number of hydrogen-bond donors (Lipinski definition) is 2. The average molecular weight is 349 g/mol. The van der Waals surface area contributed by atoms with Gasteiger partial charge in [-0.2, -0.15) is 0 Å². The summed E-state index contributed by atoms with van der Waals surface area (Å²) in [5, 5.41) is 0. The van der Waals surface area contributed by atoms with Gasteiger partial charge < -0.3 is 9.47 Å². The summed E-state index contributed by atoms with van der Waals surface area (Å²) >= 11 is 0. The number of carbonyl (C=O) groups is 3. The zero-order valence-electron chi connectivity index (χ0n) is 14.6. The number of nitrogens with one attached hydrogen (secondary N) is 2. The van der Waals surface area contributed by atoms with Crippen LogP contribution in [0, 0.1) is 0 Å². The van der Waals surface area contributed by atoms with E-state index in [0.717, 1.165) is 0 Å². The van der Waals surface area contributed by atoms with Crippen LogP contribution >= 0.6 is 0 Å². The number of benzene rings is 1. The summed E-state index contributed by atoms with van der Waals surface area (Å²) in [4.78, 5) is 37.9. The first kappa shape index (κ1) is 18.7. The van der Waals surface area contributed by atoms with E-state index in [1.807, 2.05) is 0 Å². The molecule has 1 aliphatic heterocycles. The molecule has 136 valence electrons. The number of hydrazine groups is 1. The summed E-state index contributed by atoms with van der Waals surface area (Å²) in [5.41, 5.74) is 4.40. The fourth-order valence-electron chi connectivity index (χ4n) is 2.22. The number of hydrogen-bond acceptors (Lipinski definition) is 5. The van der Waals surface area contributed by atoms with Gasteiger partial charge in [0.2, 0.25) is 0 Å². The van der Waals surface area contributed by atoms with Gasteiger partial charge in [0.25, 0.3) is 11.8 Å². The van der Waals surface area contributed by atoms with E-state index in [0.29, 0.717) is 12.2 Å². The molecule has 0 spiro atoms. The van der Waals surface area contributed by atoms with E-state index in [4.69, 9.17) is 9.47 Å². The lowest BCUT2D eigenvalue weighted by molar-refractivity contribution is -0.133. The third-order valence-corrected chi connectivity index (χ3v) is 3.39. The normalized spacial score (nSPS) is 17.6. The first-order chi connectivity index (χ1) is 11.8. The van der Waals surface area contributed by atoms with Crippen LogP contribution in [0.4, 0.5) is 4.79 Å². The molecular formula is C17H23N3O5. The molecule has 1 saturated heterocycles. The molecule has 0 radical (unpaired) electrons. The van der Waals surface area contributed by atoms with Gasteiger partial charge in [-0.25, -0.2) is 4.79 Å². The Hall–Kier alpha value is -2.61. The third kappa shape index (κ3) is 5.46. The minimum atomic E-state index is -0.875. The summed E-state index contributed by atoms with van der Waals surface area (Å²) in [6.07, 6.45) is -0.592. The Morgan fingerprint density at radius 3 is 2.48 bits per heavy atom. The molecule has 3 amide bonds. The van der Waals surface area contributed by atoms with Gasteiger partial charge in [0.05, 0.1) is 13.2 Å². The molecule has 0 bridgehead atoms. The Morgan fingerprint density at radius 1 is 1.16 bits per heavy atom. The molecule has 0 aliphatic carbocycles. The van der Waals surface area contributed by atoms with E-state index in [2.05, 4.69) is 10.9 Å². The molecule has 1 aromatic carbocycles. The van der Waals surface area contributed by atoms with Gasteiger partial charge in [-0.1, -0.05) is 18.2 Å². The maximum Gasteiger partial charge on any atom is 0.411 e. The van der Waals surface area contributed by atoms with Crippen molar-refractivity contribution in [3.05, 3.63) is 35.9 Å². The number of morpholine rings is 1. The molecule has 2 rings (SSSR count). The fourth-order valence-corrected chi connectivity index (χ4v) is 2.22. The molecule has 1 aliphatic rings. The highest BCUT2D eigenvalue weighted by atomic mass is 16.6. The van der Waals surface area contributed by atoms with Crippen LogP contribution in [0.3, 0.4) is 0 Å². The molecule has 25 heavy (non-hydrogen) atoms. The van der Waals surface area contributed by atoms with Gasteiger partial charge >= 0.3 is 6.09 Å². The highest BCUT2D eigenvalue weighted by Gasteiger charge is 2.35. The number of amides is 3. The van der Waals surface area contributed by atoms with Crippen molar-refractivity contribution in [1.29, 1.82) is 0 Å². The van der Waals surface area contributed by atoms with E-state index in [1.54, 1.807) is 51.1 Å². The van der Waals surface area contributed by atoms with Crippen LogP contribution in [0.5, 0.6) is 0 Å². The van der Waals surface area contributed by atoms with Crippen molar-refractivity contribution in [3.8, 4) is 0 Å². The maximum absolute atomic E-state index is 12.4. The first-order valence-electron chi connectivity index (χ1n) is 8.00. The molecule has 1 atom stereocenters. The third-order valence-electron chi connectivity index (χ3n) is 3.39. The highest BCUT2D eigenvalue weighted by Crippen LogP contribution is 2.14. The Balaban J connectivity index is 1.96. The molecule has 8 nitrogen and oxygen atoms in total. The minimum absolute atomic E-state index is 0.0340. The second-order valence-electron chi connectivity index (χ2n) is 6.57. The molecule has 2 N–H and O–H groups in total. The quantitative estimate of drug-likeness (QED) is 0.779. The average Bonchev–Trinajstić information content (AvgIpc) is 2.58. The molecule has 1 heterocycles. The lowest BCUT2D eigenvalue weighted by atomic mass is 10.2. The van der Waals surface area contributed by atoms with E-state index in [-0.39, 0.29) is 13.2 Å². The van der Waals surface area contributed by atoms with E-state index in [9.17, 15) is 14.4 Å². The van der Waals surface area contributed by atoms with Gasteiger partial charge in [0.1, 0.15) is 11.6 Å². The van der Waals surface area contributed by atoms with Crippen molar-refractivity contribution in [1.82, 2.24) is 15.8 Å². The van der Waals surface area contributed by atoms with E-state index >= 15 is 0 Å². The second-order valence-corrected chi connectivity index (χ2v) is 6.57. The van der Waals surface area contributed by atoms with E-state index in [1.165, 1.54) is 4.90 Å². The van der Waals surface area contributed by atoms with Gasteiger partial charge in [-0.05, 0) is 32.9 Å². The standard InChI is InChI=1S/C17H23N3O5/c1-17(2,3)25-16(23)20-9-10-24-11-13(20)15(22)19-18-14(21)12-7-5-4-6-8-12/h4-8,13H,9-11H2,1-3H3,(H,18,21)(H,19,22)/t13-/m0/s1. The van der Waals surface area contributed by atoms with Gasteiger partial charge in [-0.3, -0.25) is 25.3 Å². The maximum atomic E-state index is 12.4. The van der Waals surface area contributed by atoms with Crippen LogP contribution in [0.2, 0.25) is 0 Å². The van der Waals surface area contributed by atoms with Crippen LogP contribution in [-0.2, 0) is 14.3 Å². The van der Waals surface area contributed by atoms with Gasteiger partial charge in [0.15, 0.2) is 0 Å². The van der Waals surface area contributed by atoms with Crippen molar-refractivity contribution >= 4 is 17.9 Å². The molecule has 1 fully saturated rings. The van der Waals surface area contributed by atoms with Crippen LogP contribution in [0.1, 0.15) is 31.1 Å². The largest absolute Gasteiger partial charge is 0.444 e. The summed E-state index contributed by atoms with van der Waals surface area (Å²) in [5.74, 6) is -0.996. The van der Waals surface area contributed by atoms with Crippen molar-refractivity contribution in [2.24, 2.45) is 0 Å². The molecule has 8 heteroatoms. The Morgan fingerprint density at radius 2 is 1.84 bits per heavy atom. The van der Waals surface area contributed by atoms with Crippen molar-refractivity contribution < 1.29 is 23.9 Å². The Kier molecular flexibility index (Phi) is 5.97. The number of carbonyl (C=O) groups excluding carboxylic acids is 3. The summed E-state index contributed by atoms with van der Waals surface area (Å²) in [7, 11) is 0. The molecule has 0 unspecified atom stereocenters.